The molecule has 0 amide bonds. The van der Waals surface area contributed by atoms with Crippen molar-refractivity contribution in [2.24, 2.45) is 0 Å². The number of allylic oxidation sites excluding steroid dienone is 6. The Balaban J connectivity index is -0.000000737. The molecule has 0 aromatic carbocycles. The molecule has 0 spiro atoms. The number of aldehydes is 1. The molecule has 1 atom stereocenters. The van der Waals surface area contributed by atoms with Crippen molar-refractivity contribution >= 4 is 35.1 Å². The summed E-state index contributed by atoms with van der Waals surface area (Å²) in [4.78, 5) is 28.6. The van der Waals surface area contributed by atoms with Gasteiger partial charge in [0.05, 0.1) is 18.4 Å². The van der Waals surface area contributed by atoms with E-state index in [1.165, 1.54) is 13.3 Å². The van der Waals surface area contributed by atoms with Gasteiger partial charge in [0.2, 0.25) is 0 Å². The number of nitrogens with one attached hydrogen (secondary N) is 1. The number of aliphatic hydroxyl groups is 1. The smallest absolute Gasteiger partial charge is 0.159 e. The van der Waals surface area contributed by atoms with E-state index in [0.717, 1.165) is 77.2 Å². The minimum absolute atomic E-state index is 0.0797. The highest BCUT2D eigenvalue weighted by molar-refractivity contribution is 7.11. The lowest BCUT2D eigenvalue weighted by atomic mass is 10.1. The lowest BCUT2D eigenvalue weighted by Crippen LogP contribution is -2.14. The summed E-state index contributed by atoms with van der Waals surface area (Å²) < 4.78 is 5.15. The van der Waals surface area contributed by atoms with Crippen LogP contribution in [0, 0.1) is 6.92 Å². The Kier molecular flexibility index (Phi) is 31.7. The van der Waals surface area contributed by atoms with Gasteiger partial charge in [-0.1, -0.05) is 92.2 Å². The zero-order valence-electron chi connectivity index (χ0n) is 28.9. The van der Waals surface area contributed by atoms with E-state index in [9.17, 15) is 4.79 Å². The van der Waals surface area contributed by atoms with Crippen molar-refractivity contribution in [2.75, 3.05) is 13.2 Å². The van der Waals surface area contributed by atoms with Crippen molar-refractivity contribution < 1.29 is 19.4 Å². The number of thiazole rings is 1. The SMILES string of the molecule is C=C/C=C\c1c(-c2csc(/C(C)=C/C(=C\CC)C(C)=O)n2)c[nH]c1C.CC.CC=O.CCC.CCCOCC(O)CCC. The van der Waals surface area contributed by atoms with Crippen molar-refractivity contribution in [2.45, 2.75) is 114 Å². The van der Waals surface area contributed by atoms with Crippen molar-refractivity contribution in [3.05, 3.63) is 64.3 Å². The van der Waals surface area contributed by atoms with E-state index in [4.69, 9.17) is 19.6 Å². The number of carbonyl (C=O) groups excluding carboxylic acids is 2. The second-order valence-electron chi connectivity index (χ2n) is 9.29. The van der Waals surface area contributed by atoms with Gasteiger partial charge in [0.15, 0.2) is 5.78 Å². The Morgan fingerprint density at radius 2 is 1.77 bits per heavy atom. The van der Waals surface area contributed by atoms with Gasteiger partial charge in [0.1, 0.15) is 11.3 Å². The summed E-state index contributed by atoms with van der Waals surface area (Å²) in [5, 5.41) is 12.1. The van der Waals surface area contributed by atoms with E-state index in [2.05, 4.69) is 44.6 Å². The van der Waals surface area contributed by atoms with E-state index in [1.807, 2.05) is 65.1 Å². The van der Waals surface area contributed by atoms with Crippen LogP contribution in [-0.4, -0.2) is 46.5 Å². The van der Waals surface area contributed by atoms with Gasteiger partial charge in [-0.05, 0) is 58.6 Å². The quantitative estimate of drug-likeness (QED) is 0.101. The van der Waals surface area contributed by atoms with E-state index in [1.54, 1.807) is 24.3 Å². The summed E-state index contributed by atoms with van der Waals surface area (Å²) >= 11 is 1.59. The molecule has 0 aliphatic rings. The zero-order valence-corrected chi connectivity index (χ0v) is 29.7. The van der Waals surface area contributed by atoms with Crippen LogP contribution in [0.4, 0.5) is 0 Å². The molecule has 2 heterocycles. The minimum Gasteiger partial charge on any atom is -0.391 e. The number of carbonyl (C=O) groups is 2. The lowest BCUT2D eigenvalue weighted by Gasteiger charge is -2.08. The Bertz CT molecular complexity index is 1080. The van der Waals surface area contributed by atoms with Crippen LogP contribution >= 0.6 is 11.3 Å². The zero-order chi connectivity index (χ0) is 33.6. The van der Waals surface area contributed by atoms with Crippen LogP contribution in [0.2, 0.25) is 0 Å². The fourth-order valence-corrected chi connectivity index (χ4v) is 4.11. The third-order valence-corrected chi connectivity index (χ3v) is 6.10. The number of ether oxygens (including phenoxy) is 1. The molecule has 0 aliphatic carbocycles. The van der Waals surface area contributed by atoms with Gasteiger partial charge in [-0.3, -0.25) is 4.79 Å². The highest BCUT2D eigenvalue weighted by Gasteiger charge is 2.13. The number of Topliss-reactive ketones (excluding diaryl/α,β-unsaturated/α-hetero) is 1. The summed E-state index contributed by atoms with van der Waals surface area (Å²) in [7, 11) is 0. The van der Waals surface area contributed by atoms with E-state index >= 15 is 0 Å². The van der Waals surface area contributed by atoms with Crippen LogP contribution in [0.25, 0.3) is 22.9 Å². The number of aryl methyl sites for hydroxylation is 1. The Morgan fingerprint density at radius 3 is 2.26 bits per heavy atom. The van der Waals surface area contributed by atoms with Gasteiger partial charge < -0.3 is 19.6 Å². The molecule has 7 heteroatoms. The number of nitrogens with zero attached hydrogens (tertiary/aromatic N) is 1. The van der Waals surface area contributed by atoms with Crippen LogP contribution in [0.5, 0.6) is 0 Å². The van der Waals surface area contributed by atoms with Crippen LogP contribution in [-0.2, 0) is 14.3 Å². The first-order chi connectivity index (χ1) is 20.6. The summed E-state index contributed by atoms with van der Waals surface area (Å²) in [6.45, 7) is 26.5. The molecule has 0 aliphatic heterocycles. The van der Waals surface area contributed by atoms with Gasteiger partial charge in [-0.2, -0.15) is 0 Å². The molecule has 1 unspecified atom stereocenters. The van der Waals surface area contributed by atoms with Crippen molar-refractivity contribution in [3.63, 3.8) is 0 Å². The van der Waals surface area contributed by atoms with Gasteiger partial charge in [-0.15, -0.1) is 11.3 Å². The Hall–Kier alpha value is -2.87. The minimum atomic E-state index is -0.253. The summed E-state index contributed by atoms with van der Waals surface area (Å²) in [6, 6.07) is 0. The Labute approximate surface area is 267 Å². The molecule has 43 heavy (non-hydrogen) atoms. The molecule has 0 bridgehead atoms. The first-order valence-corrected chi connectivity index (χ1v) is 16.5. The largest absolute Gasteiger partial charge is 0.391 e. The maximum absolute atomic E-state index is 11.7. The monoisotopic (exact) mass is 616 g/mol. The first kappa shape index (κ1) is 44.6. The van der Waals surface area contributed by atoms with Gasteiger partial charge in [0, 0.05) is 40.6 Å². The topological polar surface area (TPSA) is 92.3 Å². The first-order valence-electron chi connectivity index (χ1n) is 15.6. The van der Waals surface area contributed by atoms with Crippen LogP contribution in [0.1, 0.15) is 118 Å². The maximum Gasteiger partial charge on any atom is 0.159 e. The predicted octanol–water partition coefficient (Wildman–Crippen LogP) is 10.2. The van der Waals surface area contributed by atoms with Crippen LogP contribution in [0.15, 0.2) is 48.0 Å². The van der Waals surface area contributed by atoms with E-state index in [-0.39, 0.29) is 11.9 Å². The molecule has 6 nitrogen and oxygen atoms in total. The number of aromatic nitrogens is 2. The van der Waals surface area contributed by atoms with Gasteiger partial charge >= 0.3 is 0 Å². The highest BCUT2D eigenvalue weighted by Crippen LogP contribution is 2.31. The van der Waals surface area contributed by atoms with Crippen molar-refractivity contribution in [1.82, 2.24) is 9.97 Å². The van der Waals surface area contributed by atoms with E-state index in [0.29, 0.717) is 6.61 Å². The molecular weight excluding hydrogens is 556 g/mol. The number of aromatic amines is 1. The predicted molar refractivity (Wildman–Crippen MR) is 190 cm³/mol. The average molecular weight is 617 g/mol. The molecular formula is C36H60N2O4S. The molecule has 244 valence electrons. The summed E-state index contributed by atoms with van der Waals surface area (Å²) in [5.41, 5.74) is 5.96. The highest BCUT2D eigenvalue weighted by atomic mass is 32.1. The number of hydrogen-bond donors (Lipinski definition) is 2. The lowest BCUT2D eigenvalue weighted by molar-refractivity contribution is -0.113. The number of ketones is 1. The fourth-order valence-electron chi connectivity index (χ4n) is 3.31. The molecule has 0 fully saturated rings. The molecule has 0 saturated carbocycles. The van der Waals surface area contributed by atoms with Gasteiger partial charge in [0.25, 0.3) is 0 Å². The fraction of sp³-hybridized carbons (Fsp3) is 0.528. The molecule has 0 saturated heterocycles. The standard InChI is InChI=1S/C21H24N2OS.C8H18O2.C3H8.C2H4O.C2H6/c1-6-8-10-18-15(4)22-12-19(18)20-13-25-21(23-20)14(3)11-17(9-7-2)16(5)24;1-3-5-8(9)7-10-6-4-2;1-3-2;1-2-3;1-2/h6,8-13,22H,1,7H2,2-5H3;8-9H,3-7H2,1-2H3;3H2,1-2H3;2H,1H3;1-2H3/b10-8-,14-11+,17-9+;;;;. The number of rotatable bonds is 13. The number of hydrogen-bond acceptors (Lipinski definition) is 6. The molecule has 2 aromatic heterocycles. The molecule has 2 aromatic rings. The molecule has 0 radical (unpaired) electrons. The second-order valence-corrected chi connectivity index (χ2v) is 10.1. The van der Waals surface area contributed by atoms with Crippen molar-refractivity contribution in [3.8, 4) is 11.3 Å². The second kappa shape index (κ2) is 30.6. The number of aliphatic hydroxyl groups excluding tert-OH is 1. The van der Waals surface area contributed by atoms with Crippen LogP contribution < -0.4 is 0 Å². The maximum atomic E-state index is 11.7. The summed E-state index contributed by atoms with van der Waals surface area (Å²) in [5.74, 6) is 0.0797. The molecule has 2 N–H and O–H groups in total. The summed E-state index contributed by atoms with van der Waals surface area (Å²) in [6.07, 6.45) is 17.1. The Morgan fingerprint density at radius 1 is 1.16 bits per heavy atom. The molecule has 2 rings (SSSR count). The van der Waals surface area contributed by atoms with Crippen LogP contribution in [0.3, 0.4) is 0 Å². The average Bonchev–Trinajstić information content (AvgIpc) is 3.61. The normalized spacial score (nSPS) is 11.4. The third-order valence-electron chi connectivity index (χ3n) is 5.13. The van der Waals surface area contributed by atoms with Crippen molar-refractivity contribution in [1.29, 1.82) is 0 Å². The van der Waals surface area contributed by atoms with Gasteiger partial charge in [-0.25, -0.2) is 4.98 Å². The van der Waals surface area contributed by atoms with E-state index < -0.39 is 0 Å². The number of H-pyrrole nitrogens is 1. The third kappa shape index (κ3) is 21.5.